The molecule has 1 fully saturated rings. The van der Waals surface area contributed by atoms with Crippen molar-refractivity contribution in [3.63, 3.8) is 0 Å². The molecule has 1 N–H and O–H groups in total. The van der Waals surface area contributed by atoms with E-state index < -0.39 is 5.97 Å². The number of carbonyl (C=O) groups excluding carboxylic acids is 1. The quantitative estimate of drug-likeness (QED) is 0.306. The lowest BCUT2D eigenvalue weighted by atomic mass is 9.79. The van der Waals surface area contributed by atoms with E-state index in [2.05, 4.69) is 21.7 Å². The number of likely N-dealkylation sites (tertiary alicyclic amines) is 1. The number of piperidine rings is 1. The second-order valence-corrected chi connectivity index (χ2v) is 10.2. The number of methoxy groups -OCH3 is 1. The molecule has 0 radical (unpaired) electrons. The number of aliphatic carboxylic acids is 1. The first-order valence-electron chi connectivity index (χ1n) is 11.7. The molecule has 188 valence electrons. The molecule has 0 unspecified atom stereocenters. The normalized spacial score (nSPS) is 18.0. The van der Waals surface area contributed by atoms with Gasteiger partial charge in [-0.3, -0.25) is 19.5 Å². The van der Waals surface area contributed by atoms with Gasteiger partial charge in [0.15, 0.2) is 5.78 Å². The number of ketones is 1. The van der Waals surface area contributed by atoms with Gasteiger partial charge in [0.2, 0.25) is 0 Å². The van der Waals surface area contributed by atoms with Gasteiger partial charge in [-0.05, 0) is 49.4 Å². The Morgan fingerprint density at radius 1 is 1.33 bits per heavy atom. The summed E-state index contributed by atoms with van der Waals surface area (Å²) in [6.45, 7) is 1.84. The average Bonchev–Trinajstić information content (AvgIpc) is 3.27. The van der Waals surface area contributed by atoms with Crippen LogP contribution in [0, 0.1) is 29.5 Å². The molecular weight excluding hydrogens is 503 g/mol. The molecule has 0 saturated carbocycles. The monoisotopic (exact) mass is 528 g/mol. The zero-order valence-corrected chi connectivity index (χ0v) is 21.4. The number of ether oxygens (including phenoxy) is 1. The van der Waals surface area contributed by atoms with Gasteiger partial charge in [0.25, 0.3) is 0 Å². The maximum Gasteiger partial charge on any atom is 0.303 e. The molecule has 1 aliphatic rings. The summed E-state index contributed by atoms with van der Waals surface area (Å²) in [5.74, 6) is 5.42. The number of carbonyl (C=O) groups is 2. The molecule has 1 aliphatic heterocycles. The largest absolute Gasteiger partial charge is 0.497 e. The standard InChI is InChI=1S/C27H26ClFN2O4S/c1-35-20-5-6-24-22(13-20)27(23(28)14-30-24)25(32)7-4-17-8-10-31(15-18(17)11-26(33)34)9-2-3-21-12-19(29)16-36-21/h5-6,12-14,16-18H,4,7-11,15H2,1H3,(H,33,34)/t17-,18+/m1/s1. The van der Waals surface area contributed by atoms with Crippen LogP contribution in [0.5, 0.6) is 5.75 Å². The predicted octanol–water partition coefficient (Wildman–Crippen LogP) is 5.52. The van der Waals surface area contributed by atoms with E-state index in [0.717, 1.165) is 13.0 Å². The summed E-state index contributed by atoms with van der Waals surface area (Å²) in [7, 11) is 1.56. The molecule has 0 spiro atoms. The number of carboxylic acids is 1. The van der Waals surface area contributed by atoms with Crippen molar-refractivity contribution in [2.75, 3.05) is 26.7 Å². The summed E-state index contributed by atoms with van der Waals surface area (Å²) < 4.78 is 18.4. The molecule has 6 nitrogen and oxygen atoms in total. The van der Waals surface area contributed by atoms with Crippen molar-refractivity contribution in [2.45, 2.75) is 25.7 Å². The number of hydrogen-bond acceptors (Lipinski definition) is 6. The van der Waals surface area contributed by atoms with Gasteiger partial charge in [0.1, 0.15) is 11.6 Å². The van der Waals surface area contributed by atoms with Gasteiger partial charge >= 0.3 is 5.97 Å². The molecule has 0 aliphatic carbocycles. The van der Waals surface area contributed by atoms with Gasteiger partial charge in [-0.25, -0.2) is 4.39 Å². The Morgan fingerprint density at radius 3 is 2.89 bits per heavy atom. The highest BCUT2D eigenvalue weighted by Crippen LogP contribution is 2.33. The number of benzene rings is 1. The van der Waals surface area contributed by atoms with E-state index in [4.69, 9.17) is 16.3 Å². The van der Waals surface area contributed by atoms with Crippen LogP contribution in [0.25, 0.3) is 10.9 Å². The van der Waals surface area contributed by atoms with Crippen LogP contribution < -0.4 is 4.74 Å². The van der Waals surface area contributed by atoms with Crippen LogP contribution >= 0.6 is 22.9 Å². The predicted molar refractivity (Wildman–Crippen MR) is 138 cm³/mol. The molecule has 1 aromatic carbocycles. The third-order valence-corrected chi connectivity index (χ3v) is 7.65. The van der Waals surface area contributed by atoms with Gasteiger partial charge in [0, 0.05) is 48.0 Å². The third-order valence-electron chi connectivity index (χ3n) is 6.54. The van der Waals surface area contributed by atoms with Gasteiger partial charge in [-0.15, -0.1) is 11.3 Å². The molecule has 3 heterocycles. The highest BCUT2D eigenvalue weighted by atomic mass is 35.5. The van der Waals surface area contributed by atoms with Crippen LogP contribution in [0.3, 0.4) is 0 Å². The summed E-state index contributed by atoms with van der Waals surface area (Å²) in [6.07, 6.45) is 3.14. The number of fused-ring (bicyclic) bond motifs is 1. The number of carboxylic acid groups (broad SMARTS) is 1. The number of Topliss-reactive ketones (excluding diaryl/α,β-unsaturated/α-hetero) is 1. The Morgan fingerprint density at radius 2 is 2.17 bits per heavy atom. The maximum atomic E-state index is 13.3. The number of halogens is 2. The van der Waals surface area contributed by atoms with Crippen molar-refractivity contribution < 1.29 is 23.8 Å². The molecule has 0 amide bonds. The van der Waals surface area contributed by atoms with Crippen molar-refractivity contribution in [1.82, 2.24) is 9.88 Å². The molecule has 9 heteroatoms. The molecule has 0 bridgehead atoms. The number of aromatic nitrogens is 1. The summed E-state index contributed by atoms with van der Waals surface area (Å²) in [5.41, 5.74) is 1.08. The highest BCUT2D eigenvalue weighted by molar-refractivity contribution is 7.10. The Kier molecular flexibility index (Phi) is 8.57. The topological polar surface area (TPSA) is 79.7 Å². The maximum absolute atomic E-state index is 13.3. The number of thiophene rings is 1. The fourth-order valence-corrected chi connectivity index (χ4v) is 5.63. The zero-order valence-electron chi connectivity index (χ0n) is 19.8. The Bertz CT molecular complexity index is 1330. The molecular formula is C27H26ClFN2O4S. The third kappa shape index (κ3) is 6.41. The minimum absolute atomic E-state index is 0.0368. The number of rotatable bonds is 8. The first-order chi connectivity index (χ1) is 17.3. The Labute approximate surface area is 218 Å². The first kappa shape index (κ1) is 26.1. The fraction of sp³-hybridized carbons (Fsp3) is 0.370. The van der Waals surface area contributed by atoms with Crippen LogP contribution in [-0.4, -0.2) is 53.5 Å². The van der Waals surface area contributed by atoms with Crippen LogP contribution in [0.2, 0.25) is 5.02 Å². The van der Waals surface area contributed by atoms with E-state index in [0.29, 0.717) is 51.6 Å². The van der Waals surface area contributed by atoms with Crippen LogP contribution in [0.1, 0.15) is 40.9 Å². The lowest BCUT2D eigenvalue weighted by Crippen LogP contribution is -2.41. The summed E-state index contributed by atoms with van der Waals surface area (Å²) in [4.78, 5) is 31.9. The molecule has 2 atom stereocenters. The lowest BCUT2D eigenvalue weighted by Gasteiger charge is -2.37. The summed E-state index contributed by atoms with van der Waals surface area (Å²) in [6, 6.07) is 6.74. The van der Waals surface area contributed by atoms with Gasteiger partial charge in [-0.1, -0.05) is 23.4 Å². The van der Waals surface area contributed by atoms with E-state index in [1.807, 2.05) is 0 Å². The fourth-order valence-electron chi connectivity index (χ4n) is 4.75. The van der Waals surface area contributed by atoms with Crippen molar-refractivity contribution in [1.29, 1.82) is 0 Å². The van der Waals surface area contributed by atoms with Crippen LogP contribution in [0.4, 0.5) is 4.39 Å². The molecule has 4 rings (SSSR count). The second kappa shape index (κ2) is 11.8. The van der Waals surface area contributed by atoms with Crippen molar-refractivity contribution in [3.05, 3.63) is 57.1 Å². The minimum atomic E-state index is -0.853. The average molecular weight is 529 g/mol. The minimum Gasteiger partial charge on any atom is -0.497 e. The highest BCUT2D eigenvalue weighted by Gasteiger charge is 2.31. The summed E-state index contributed by atoms with van der Waals surface area (Å²) in [5, 5.41) is 11.8. The Hall–Kier alpha value is -2.99. The number of nitrogens with zero attached hydrogens (tertiary/aromatic N) is 2. The molecule has 3 aromatic rings. The van der Waals surface area contributed by atoms with Crippen molar-refractivity contribution in [2.24, 2.45) is 11.8 Å². The van der Waals surface area contributed by atoms with E-state index >= 15 is 0 Å². The van der Waals surface area contributed by atoms with E-state index in [1.54, 1.807) is 25.3 Å². The molecule has 1 saturated heterocycles. The van der Waals surface area contributed by atoms with E-state index in [1.165, 1.54) is 29.0 Å². The lowest BCUT2D eigenvalue weighted by molar-refractivity contribution is -0.139. The second-order valence-electron chi connectivity index (χ2n) is 8.90. The first-order valence-corrected chi connectivity index (χ1v) is 12.9. The van der Waals surface area contributed by atoms with Gasteiger partial charge in [-0.2, -0.15) is 0 Å². The molecule has 2 aromatic heterocycles. The number of hydrogen-bond donors (Lipinski definition) is 1. The smallest absolute Gasteiger partial charge is 0.303 e. The van der Waals surface area contributed by atoms with E-state index in [-0.39, 0.29) is 36.3 Å². The van der Waals surface area contributed by atoms with Crippen molar-refractivity contribution >= 4 is 45.6 Å². The summed E-state index contributed by atoms with van der Waals surface area (Å²) >= 11 is 7.64. The van der Waals surface area contributed by atoms with Crippen molar-refractivity contribution in [3.8, 4) is 17.6 Å². The van der Waals surface area contributed by atoms with Crippen LogP contribution in [0.15, 0.2) is 35.8 Å². The van der Waals surface area contributed by atoms with Gasteiger partial charge in [0.05, 0.1) is 29.1 Å². The van der Waals surface area contributed by atoms with E-state index in [9.17, 15) is 19.1 Å². The Balaban J connectivity index is 1.42. The molecule has 36 heavy (non-hydrogen) atoms. The van der Waals surface area contributed by atoms with Gasteiger partial charge < -0.3 is 9.84 Å². The number of pyridine rings is 1. The zero-order chi connectivity index (χ0) is 25.7. The van der Waals surface area contributed by atoms with Crippen LogP contribution in [-0.2, 0) is 4.79 Å². The SMILES string of the molecule is COc1ccc2ncc(Cl)c(C(=O)CC[C@@H]3CCN(CC#Cc4cc(F)cs4)C[C@@H]3CC(=O)O)c2c1.